The van der Waals surface area contributed by atoms with Crippen molar-refractivity contribution in [1.29, 1.82) is 0 Å². The molecule has 0 aromatic heterocycles. The molecule has 0 aliphatic heterocycles. The van der Waals surface area contributed by atoms with Crippen molar-refractivity contribution in [2.75, 3.05) is 7.05 Å². The van der Waals surface area contributed by atoms with Crippen molar-refractivity contribution >= 4 is 5.78 Å². The van der Waals surface area contributed by atoms with Gasteiger partial charge < -0.3 is 0 Å². The lowest BCUT2D eigenvalue weighted by Crippen LogP contribution is -2.44. The fourth-order valence-electron chi connectivity index (χ4n) is 1.69. The molecule has 0 bridgehead atoms. The van der Waals surface area contributed by atoms with Crippen molar-refractivity contribution in [1.82, 2.24) is 4.90 Å². The highest BCUT2D eigenvalue weighted by molar-refractivity contribution is 5.85. The molecule has 0 aromatic carbocycles. The van der Waals surface area contributed by atoms with Gasteiger partial charge in [0.1, 0.15) is 0 Å². The topological polar surface area (TPSA) is 20.3 Å². The van der Waals surface area contributed by atoms with Crippen molar-refractivity contribution in [2.45, 2.75) is 66.0 Å². The molecule has 0 saturated carbocycles. The van der Waals surface area contributed by atoms with Gasteiger partial charge in [0.2, 0.25) is 0 Å². The van der Waals surface area contributed by atoms with Crippen molar-refractivity contribution < 1.29 is 4.79 Å². The number of hydrogen-bond donors (Lipinski definition) is 0. The van der Waals surface area contributed by atoms with Crippen LogP contribution in [0.4, 0.5) is 0 Å². The lowest BCUT2D eigenvalue weighted by Gasteiger charge is -2.31. The Morgan fingerprint density at radius 1 is 1.20 bits per heavy atom. The lowest BCUT2D eigenvalue weighted by molar-refractivity contribution is -0.127. The third-order valence-corrected chi connectivity index (χ3v) is 3.03. The molecular formula is C13H27NO. The summed E-state index contributed by atoms with van der Waals surface area (Å²) in [6.45, 7) is 10.5. The maximum atomic E-state index is 12.1. The van der Waals surface area contributed by atoms with Crippen LogP contribution in [-0.4, -0.2) is 29.8 Å². The molecular weight excluding hydrogens is 186 g/mol. The minimum atomic E-state index is 0.116. The molecule has 90 valence electrons. The van der Waals surface area contributed by atoms with Gasteiger partial charge >= 0.3 is 0 Å². The van der Waals surface area contributed by atoms with Gasteiger partial charge in [-0.1, -0.05) is 33.6 Å². The Labute approximate surface area is 95.0 Å². The highest BCUT2D eigenvalue weighted by Crippen LogP contribution is 2.15. The first-order valence-corrected chi connectivity index (χ1v) is 6.17. The molecule has 0 rings (SSSR count). The standard InChI is InChI=1S/C13H27NO/c1-7-8-9-12(13(15)10(2)3)14(6)11(4)5/h10-12H,7-9H2,1-6H3/t12-/m0/s1. The molecule has 2 nitrogen and oxygen atoms in total. The molecule has 0 saturated heterocycles. The molecule has 0 amide bonds. The summed E-state index contributed by atoms with van der Waals surface area (Å²) >= 11 is 0. The number of rotatable bonds is 7. The first-order chi connectivity index (χ1) is 6.91. The lowest BCUT2D eigenvalue weighted by atomic mass is 9.95. The highest BCUT2D eigenvalue weighted by Gasteiger charge is 2.25. The van der Waals surface area contributed by atoms with E-state index in [9.17, 15) is 4.79 Å². The van der Waals surface area contributed by atoms with E-state index in [0.29, 0.717) is 11.8 Å². The van der Waals surface area contributed by atoms with Gasteiger partial charge in [0.05, 0.1) is 6.04 Å². The predicted octanol–water partition coefficient (Wildman–Crippen LogP) is 3.11. The molecule has 0 aliphatic carbocycles. The summed E-state index contributed by atoms with van der Waals surface area (Å²) in [6, 6.07) is 0.555. The molecule has 0 fully saturated rings. The van der Waals surface area contributed by atoms with Crippen molar-refractivity contribution in [3.8, 4) is 0 Å². The van der Waals surface area contributed by atoms with Gasteiger partial charge in [0, 0.05) is 12.0 Å². The molecule has 2 heteroatoms. The second kappa shape index (κ2) is 7.00. The largest absolute Gasteiger partial charge is 0.298 e. The molecule has 15 heavy (non-hydrogen) atoms. The monoisotopic (exact) mass is 213 g/mol. The average Bonchev–Trinajstić information content (AvgIpc) is 2.17. The van der Waals surface area contributed by atoms with Crippen LogP contribution < -0.4 is 0 Å². The number of carbonyl (C=O) groups is 1. The van der Waals surface area contributed by atoms with Gasteiger partial charge in [-0.3, -0.25) is 9.69 Å². The van der Waals surface area contributed by atoms with Crippen LogP contribution in [0.25, 0.3) is 0 Å². The predicted molar refractivity (Wildman–Crippen MR) is 66.1 cm³/mol. The number of hydrogen-bond acceptors (Lipinski definition) is 2. The Morgan fingerprint density at radius 3 is 2.07 bits per heavy atom. The Bertz CT molecular complexity index is 187. The van der Waals surface area contributed by atoms with Crippen LogP contribution in [0.15, 0.2) is 0 Å². The quantitative estimate of drug-likeness (QED) is 0.647. The third kappa shape index (κ3) is 4.78. The average molecular weight is 213 g/mol. The van der Waals surface area contributed by atoms with Crippen LogP contribution in [0, 0.1) is 5.92 Å². The van der Waals surface area contributed by atoms with E-state index >= 15 is 0 Å². The minimum absolute atomic E-state index is 0.116. The van der Waals surface area contributed by atoms with E-state index in [1.165, 1.54) is 0 Å². The molecule has 0 aliphatic rings. The van der Waals surface area contributed by atoms with Gasteiger partial charge in [0.15, 0.2) is 5.78 Å². The van der Waals surface area contributed by atoms with Crippen LogP contribution in [0.3, 0.4) is 0 Å². The molecule has 0 unspecified atom stereocenters. The number of nitrogens with zero attached hydrogens (tertiary/aromatic N) is 1. The summed E-state index contributed by atoms with van der Waals surface area (Å²) in [5.41, 5.74) is 0. The molecule has 0 aromatic rings. The van der Waals surface area contributed by atoms with E-state index < -0.39 is 0 Å². The van der Waals surface area contributed by atoms with Crippen LogP contribution in [0.1, 0.15) is 53.9 Å². The summed E-state index contributed by atoms with van der Waals surface area (Å²) in [5, 5.41) is 0. The Balaban J connectivity index is 4.49. The van der Waals surface area contributed by atoms with E-state index in [0.717, 1.165) is 19.3 Å². The summed E-state index contributed by atoms with van der Waals surface area (Å²) in [4.78, 5) is 14.3. The Hall–Kier alpha value is -0.370. The van der Waals surface area contributed by atoms with Gasteiger partial charge in [-0.05, 0) is 27.3 Å². The zero-order chi connectivity index (χ0) is 12.0. The number of ketones is 1. The minimum Gasteiger partial charge on any atom is -0.298 e. The zero-order valence-corrected chi connectivity index (χ0v) is 11.2. The Morgan fingerprint density at radius 2 is 1.73 bits per heavy atom. The van der Waals surface area contributed by atoms with Crippen LogP contribution in [0.5, 0.6) is 0 Å². The summed E-state index contributed by atoms with van der Waals surface area (Å²) in [6.07, 6.45) is 3.30. The van der Waals surface area contributed by atoms with Gasteiger partial charge in [-0.25, -0.2) is 0 Å². The van der Waals surface area contributed by atoms with E-state index in [1.807, 2.05) is 13.8 Å². The molecule has 0 radical (unpaired) electrons. The molecule has 1 atom stereocenters. The number of unbranched alkanes of at least 4 members (excludes halogenated alkanes) is 1. The summed E-state index contributed by atoms with van der Waals surface area (Å²) in [7, 11) is 2.06. The molecule has 0 N–H and O–H groups in total. The van der Waals surface area contributed by atoms with Gasteiger partial charge in [-0.2, -0.15) is 0 Å². The van der Waals surface area contributed by atoms with Crippen molar-refractivity contribution in [2.24, 2.45) is 5.92 Å². The van der Waals surface area contributed by atoms with Crippen LogP contribution in [0.2, 0.25) is 0 Å². The van der Waals surface area contributed by atoms with Gasteiger partial charge in [-0.15, -0.1) is 0 Å². The first-order valence-electron chi connectivity index (χ1n) is 6.17. The normalized spacial score (nSPS) is 13.9. The van der Waals surface area contributed by atoms with E-state index in [-0.39, 0.29) is 12.0 Å². The fraction of sp³-hybridized carbons (Fsp3) is 0.923. The first kappa shape index (κ1) is 14.6. The van der Waals surface area contributed by atoms with Crippen molar-refractivity contribution in [3.63, 3.8) is 0 Å². The van der Waals surface area contributed by atoms with E-state index in [1.54, 1.807) is 0 Å². The third-order valence-electron chi connectivity index (χ3n) is 3.03. The number of likely N-dealkylation sites (N-methyl/N-ethyl adjacent to an activating group) is 1. The SMILES string of the molecule is CCCC[C@@H](C(=O)C(C)C)N(C)C(C)C. The number of carbonyl (C=O) groups excluding carboxylic acids is 1. The van der Waals surface area contributed by atoms with Crippen LogP contribution in [-0.2, 0) is 4.79 Å². The maximum Gasteiger partial charge on any atom is 0.152 e. The van der Waals surface area contributed by atoms with E-state index in [2.05, 4.69) is 32.7 Å². The van der Waals surface area contributed by atoms with Crippen LogP contribution >= 0.6 is 0 Å². The maximum absolute atomic E-state index is 12.1. The highest BCUT2D eigenvalue weighted by atomic mass is 16.1. The molecule has 0 heterocycles. The van der Waals surface area contributed by atoms with E-state index in [4.69, 9.17) is 0 Å². The molecule has 0 spiro atoms. The fourth-order valence-corrected chi connectivity index (χ4v) is 1.69. The Kier molecular flexibility index (Phi) is 6.82. The summed E-state index contributed by atoms with van der Waals surface area (Å²) < 4.78 is 0. The van der Waals surface area contributed by atoms with Crippen molar-refractivity contribution in [3.05, 3.63) is 0 Å². The summed E-state index contributed by atoms with van der Waals surface area (Å²) in [5.74, 6) is 0.535. The smallest absolute Gasteiger partial charge is 0.152 e. The zero-order valence-electron chi connectivity index (χ0n) is 11.2. The van der Waals surface area contributed by atoms with Gasteiger partial charge in [0.25, 0.3) is 0 Å². The second-order valence-corrected chi connectivity index (χ2v) is 4.97. The second-order valence-electron chi connectivity index (χ2n) is 4.97. The number of Topliss-reactive ketones (excluding diaryl/α,β-unsaturated/α-hetero) is 1.